The Bertz CT molecular complexity index is 339. The predicted octanol–water partition coefficient (Wildman–Crippen LogP) is 3.21. The van der Waals surface area contributed by atoms with Crippen LogP contribution in [0.2, 0.25) is 0 Å². The number of rotatable bonds is 8. The molecule has 0 saturated heterocycles. The van der Waals surface area contributed by atoms with Crippen LogP contribution in [0.15, 0.2) is 12.4 Å². The number of hydrogen-bond acceptors (Lipinski definition) is 2. The summed E-state index contributed by atoms with van der Waals surface area (Å²) in [6.07, 6.45) is 6.31. The topological polar surface area (TPSA) is 29.9 Å². The Balaban J connectivity index is 2.53. The number of hydrogen-bond donors (Lipinski definition) is 1. The van der Waals surface area contributed by atoms with Crippen molar-refractivity contribution in [1.29, 1.82) is 0 Å². The van der Waals surface area contributed by atoms with Crippen LogP contribution < -0.4 is 5.32 Å². The minimum absolute atomic E-state index is 0.142. The van der Waals surface area contributed by atoms with Gasteiger partial charge in [-0.2, -0.15) is 0 Å². The van der Waals surface area contributed by atoms with E-state index in [0.29, 0.717) is 0 Å². The van der Waals surface area contributed by atoms with Crippen LogP contribution >= 0.6 is 0 Å². The van der Waals surface area contributed by atoms with Crippen LogP contribution in [0.5, 0.6) is 0 Å². The molecule has 0 unspecified atom stereocenters. The first-order chi connectivity index (χ1) is 8.47. The second-order valence-corrected chi connectivity index (χ2v) is 6.18. The number of aryl methyl sites for hydroxylation is 1. The summed E-state index contributed by atoms with van der Waals surface area (Å²) in [5.41, 5.74) is 0.142. The molecule has 0 amide bonds. The van der Waals surface area contributed by atoms with Gasteiger partial charge in [-0.25, -0.2) is 4.98 Å². The molecule has 3 heteroatoms. The Hall–Kier alpha value is -0.830. The summed E-state index contributed by atoms with van der Waals surface area (Å²) in [7, 11) is 0. The van der Waals surface area contributed by atoms with Crippen molar-refractivity contribution in [1.82, 2.24) is 14.9 Å². The van der Waals surface area contributed by atoms with Gasteiger partial charge in [0.05, 0.1) is 0 Å². The van der Waals surface area contributed by atoms with Crippen LogP contribution in [0.3, 0.4) is 0 Å². The smallest absolute Gasteiger partial charge is 0.114 e. The molecule has 0 bridgehead atoms. The Kier molecular flexibility index (Phi) is 5.86. The van der Waals surface area contributed by atoms with Crippen molar-refractivity contribution in [3.8, 4) is 0 Å². The summed E-state index contributed by atoms with van der Waals surface area (Å²) < 4.78 is 2.29. The lowest BCUT2D eigenvalue weighted by Gasteiger charge is -2.25. The van der Waals surface area contributed by atoms with Crippen molar-refractivity contribution in [3.63, 3.8) is 0 Å². The number of nitrogens with one attached hydrogen (secondary N) is 1. The van der Waals surface area contributed by atoms with Crippen LogP contribution in [0, 0.1) is 5.92 Å². The normalized spacial score (nSPS) is 12.3. The van der Waals surface area contributed by atoms with Crippen LogP contribution in [0.1, 0.15) is 53.3 Å². The minimum Gasteiger partial charge on any atom is -0.335 e. The summed E-state index contributed by atoms with van der Waals surface area (Å²) in [6.45, 7) is 14.5. The maximum absolute atomic E-state index is 4.56. The monoisotopic (exact) mass is 251 g/mol. The first-order valence-electron chi connectivity index (χ1n) is 7.19. The molecule has 0 radical (unpaired) electrons. The first kappa shape index (κ1) is 15.2. The first-order valence-corrected chi connectivity index (χ1v) is 7.19. The van der Waals surface area contributed by atoms with E-state index in [9.17, 15) is 0 Å². The molecule has 1 rings (SSSR count). The fourth-order valence-corrected chi connectivity index (χ4v) is 2.22. The van der Waals surface area contributed by atoms with Gasteiger partial charge in [-0.05, 0) is 31.8 Å². The van der Waals surface area contributed by atoms with Crippen LogP contribution in [-0.4, -0.2) is 22.6 Å². The Morgan fingerprint density at radius 3 is 2.72 bits per heavy atom. The van der Waals surface area contributed by atoms with Gasteiger partial charge in [0.15, 0.2) is 0 Å². The second-order valence-electron chi connectivity index (χ2n) is 6.18. The van der Waals surface area contributed by atoms with Gasteiger partial charge >= 0.3 is 0 Å². The lowest BCUT2D eigenvalue weighted by Crippen LogP contribution is -2.30. The van der Waals surface area contributed by atoms with Gasteiger partial charge in [0, 0.05) is 24.4 Å². The molecule has 0 aliphatic heterocycles. The van der Waals surface area contributed by atoms with Crippen molar-refractivity contribution in [2.75, 3.05) is 13.1 Å². The largest absolute Gasteiger partial charge is 0.335 e. The molecule has 0 atom stereocenters. The molecule has 1 heterocycles. The lowest BCUT2D eigenvalue weighted by atomic mass is 9.88. The van der Waals surface area contributed by atoms with E-state index in [4.69, 9.17) is 0 Å². The molecular formula is C15H29N3. The van der Waals surface area contributed by atoms with Crippen molar-refractivity contribution in [2.45, 2.75) is 59.4 Å². The van der Waals surface area contributed by atoms with Crippen LogP contribution in [0.25, 0.3) is 0 Å². The minimum atomic E-state index is 0.142. The van der Waals surface area contributed by atoms with E-state index in [1.54, 1.807) is 0 Å². The van der Waals surface area contributed by atoms with Crippen LogP contribution in [-0.2, 0) is 12.0 Å². The summed E-state index contributed by atoms with van der Waals surface area (Å²) in [5, 5.41) is 3.52. The zero-order valence-electron chi connectivity index (χ0n) is 12.7. The molecule has 1 N–H and O–H groups in total. The molecule has 18 heavy (non-hydrogen) atoms. The fourth-order valence-electron chi connectivity index (χ4n) is 2.22. The molecule has 0 aromatic carbocycles. The summed E-state index contributed by atoms with van der Waals surface area (Å²) in [5.74, 6) is 1.94. The molecule has 3 nitrogen and oxygen atoms in total. The molecule has 1 aromatic rings. The molecule has 0 spiro atoms. The van der Waals surface area contributed by atoms with E-state index in [1.165, 1.54) is 5.82 Å². The van der Waals surface area contributed by atoms with Gasteiger partial charge in [0.25, 0.3) is 0 Å². The van der Waals surface area contributed by atoms with E-state index in [2.05, 4.69) is 55.7 Å². The average molecular weight is 251 g/mol. The van der Waals surface area contributed by atoms with Gasteiger partial charge in [0.2, 0.25) is 0 Å². The number of aromatic nitrogens is 2. The van der Waals surface area contributed by atoms with E-state index in [-0.39, 0.29) is 5.41 Å². The highest BCUT2D eigenvalue weighted by molar-refractivity contribution is 5.07. The maximum atomic E-state index is 4.56. The fraction of sp³-hybridized carbons (Fsp3) is 0.800. The van der Waals surface area contributed by atoms with Crippen molar-refractivity contribution < 1.29 is 0 Å². The van der Waals surface area contributed by atoms with Crippen molar-refractivity contribution in [2.24, 2.45) is 5.92 Å². The molecule has 1 aromatic heterocycles. The quantitative estimate of drug-likeness (QED) is 0.719. The Morgan fingerprint density at radius 2 is 2.11 bits per heavy atom. The average Bonchev–Trinajstić information content (AvgIpc) is 2.74. The predicted molar refractivity (Wildman–Crippen MR) is 77.9 cm³/mol. The molecule has 0 saturated carbocycles. The highest BCUT2D eigenvalue weighted by Gasteiger charge is 2.24. The van der Waals surface area contributed by atoms with Crippen LogP contribution in [0.4, 0.5) is 0 Å². The van der Waals surface area contributed by atoms with E-state index in [0.717, 1.165) is 38.4 Å². The zero-order valence-corrected chi connectivity index (χ0v) is 12.7. The number of imidazole rings is 1. The lowest BCUT2D eigenvalue weighted by molar-refractivity contribution is 0.403. The van der Waals surface area contributed by atoms with Gasteiger partial charge in [-0.15, -0.1) is 0 Å². The van der Waals surface area contributed by atoms with Gasteiger partial charge in [-0.1, -0.05) is 34.6 Å². The van der Waals surface area contributed by atoms with E-state index < -0.39 is 0 Å². The van der Waals surface area contributed by atoms with Gasteiger partial charge in [-0.3, -0.25) is 0 Å². The second kappa shape index (κ2) is 6.93. The van der Waals surface area contributed by atoms with Crippen molar-refractivity contribution >= 4 is 0 Å². The molecule has 0 fully saturated rings. The van der Waals surface area contributed by atoms with Gasteiger partial charge < -0.3 is 9.88 Å². The molecule has 0 aliphatic rings. The summed E-state index contributed by atoms with van der Waals surface area (Å²) in [6, 6.07) is 0. The van der Waals surface area contributed by atoms with E-state index in [1.807, 2.05) is 6.20 Å². The third kappa shape index (κ3) is 4.45. The highest BCUT2D eigenvalue weighted by atomic mass is 15.1. The zero-order chi connectivity index (χ0) is 13.6. The third-order valence-electron chi connectivity index (χ3n) is 3.26. The SMILES string of the molecule is CCCn1ccnc1C(C)(C)CCNCC(C)C. The molecular weight excluding hydrogens is 222 g/mol. The summed E-state index contributed by atoms with van der Waals surface area (Å²) >= 11 is 0. The number of nitrogens with zero attached hydrogens (tertiary/aromatic N) is 2. The molecule has 104 valence electrons. The summed E-state index contributed by atoms with van der Waals surface area (Å²) in [4.78, 5) is 4.56. The third-order valence-corrected chi connectivity index (χ3v) is 3.26. The Labute approximate surface area is 112 Å². The molecule has 0 aliphatic carbocycles. The highest BCUT2D eigenvalue weighted by Crippen LogP contribution is 2.25. The van der Waals surface area contributed by atoms with Crippen molar-refractivity contribution in [3.05, 3.63) is 18.2 Å². The standard InChI is InChI=1S/C15H29N3/c1-6-10-18-11-9-17-14(18)15(4,5)7-8-16-12-13(2)3/h9,11,13,16H,6-8,10,12H2,1-5H3. The maximum Gasteiger partial charge on any atom is 0.114 e. The van der Waals surface area contributed by atoms with Gasteiger partial charge in [0.1, 0.15) is 5.82 Å². The Morgan fingerprint density at radius 1 is 1.39 bits per heavy atom. The van der Waals surface area contributed by atoms with E-state index >= 15 is 0 Å².